The first kappa shape index (κ1) is 20.3. The van der Waals surface area contributed by atoms with E-state index in [0.29, 0.717) is 25.3 Å². The summed E-state index contributed by atoms with van der Waals surface area (Å²) in [6, 6.07) is 5.11. The molecular weight excluding hydrogens is 351 g/mol. The number of nitrogens with zero attached hydrogens (tertiary/aromatic N) is 1. The zero-order valence-corrected chi connectivity index (χ0v) is 14.9. The van der Waals surface area contributed by atoms with Crippen molar-refractivity contribution < 1.29 is 27.4 Å². The Kier molecular flexibility index (Phi) is 6.71. The Morgan fingerprint density at radius 2 is 1.81 bits per heavy atom. The van der Waals surface area contributed by atoms with Crippen molar-refractivity contribution in [2.24, 2.45) is 0 Å². The lowest BCUT2D eigenvalue weighted by Crippen LogP contribution is -2.48. The van der Waals surface area contributed by atoms with Gasteiger partial charge in [-0.2, -0.15) is 0 Å². The highest BCUT2D eigenvalue weighted by Crippen LogP contribution is 2.26. The van der Waals surface area contributed by atoms with Crippen LogP contribution in [0.3, 0.4) is 0 Å². The number of amides is 2. The summed E-state index contributed by atoms with van der Waals surface area (Å²) in [6.45, 7) is 7.88. The standard InChI is InChI=1S/C17H24F3N3O3/c1-16(2,13-3-5-14(6-4-13)26-17(18,19)20)22-15(24)21-7-8-23-9-11-25-12-10-23/h3-6H,7-12H2,1-2H3,(H2,21,22,24). The molecule has 146 valence electrons. The Labute approximate surface area is 150 Å². The number of carbonyl (C=O) groups is 1. The van der Waals surface area contributed by atoms with E-state index in [4.69, 9.17) is 4.74 Å². The third-order valence-electron chi connectivity index (χ3n) is 4.05. The number of alkyl halides is 3. The number of nitrogens with one attached hydrogen (secondary N) is 2. The summed E-state index contributed by atoms with van der Waals surface area (Å²) in [5.74, 6) is -0.299. The Balaban J connectivity index is 1.81. The van der Waals surface area contributed by atoms with E-state index in [1.165, 1.54) is 24.3 Å². The molecule has 0 unspecified atom stereocenters. The first-order valence-corrected chi connectivity index (χ1v) is 8.38. The molecule has 1 aliphatic rings. The van der Waals surface area contributed by atoms with E-state index in [9.17, 15) is 18.0 Å². The first-order valence-electron chi connectivity index (χ1n) is 8.38. The van der Waals surface area contributed by atoms with Crippen LogP contribution in [-0.4, -0.2) is 56.7 Å². The van der Waals surface area contributed by atoms with Crippen LogP contribution >= 0.6 is 0 Å². The molecule has 0 aliphatic carbocycles. The topological polar surface area (TPSA) is 62.8 Å². The van der Waals surface area contributed by atoms with Crippen molar-refractivity contribution in [2.45, 2.75) is 25.7 Å². The average Bonchev–Trinajstić information content (AvgIpc) is 2.54. The molecule has 26 heavy (non-hydrogen) atoms. The fraction of sp³-hybridized carbons (Fsp3) is 0.588. The number of ether oxygens (including phenoxy) is 2. The fourth-order valence-electron chi connectivity index (χ4n) is 2.63. The van der Waals surface area contributed by atoms with Crippen molar-refractivity contribution >= 4 is 6.03 Å². The lowest BCUT2D eigenvalue weighted by molar-refractivity contribution is -0.274. The largest absolute Gasteiger partial charge is 0.573 e. The molecule has 1 heterocycles. The van der Waals surface area contributed by atoms with Crippen molar-refractivity contribution in [3.05, 3.63) is 29.8 Å². The number of hydrogen-bond donors (Lipinski definition) is 2. The predicted octanol–water partition coefficient (Wildman–Crippen LogP) is 2.45. The van der Waals surface area contributed by atoms with Crippen LogP contribution in [0.25, 0.3) is 0 Å². The van der Waals surface area contributed by atoms with Crippen molar-refractivity contribution in [2.75, 3.05) is 39.4 Å². The quantitative estimate of drug-likeness (QED) is 0.802. The van der Waals surface area contributed by atoms with E-state index in [1.54, 1.807) is 13.8 Å². The van der Waals surface area contributed by atoms with Gasteiger partial charge in [0, 0.05) is 26.2 Å². The number of rotatable bonds is 6. The molecule has 0 aromatic heterocycles. The molecule has 9 heteroatoms. The summed E-state index contributed by atoms with van der Waals surface area (Å²) in [7, 11) is 0. The zero-order chi connectivity index (χ0) is 19.2. The van der Waals surface area contributed by atoms with Gasteiger partial charge in [-0.05, 0) is 31.5 Å². The van der Waals surface area contributed by atoms with Crippen LogP contribution < -0.4 is 15.4 Å². The molecule has 0 atom stereocenters. The predicted molar refractivity (Wildman–Crippen MR) is 89.9 cm³/mol. The molecule has 1 aliphatic heterocycles. The van der Waals surface area contributed by atoms with E-state index in [0.717, 1.165) is 19.6 Å². The molecule has 0 spiro atoms. The van der Waals surface area contributed by atoms with E-state index in [2.05, 4.69) is 20.3 Å². The average molecular weight is 375 g/mol. The lowest BCUT2D eigenvalue weighted by Gasteiger charge is -2.29. The van der Waals surface area contributed by atoms with E-state index in [-0.39, 0.29) is 11.8 Å². The maximum atomic E-state index is 12.2. The minimum Gasteiger partial charge on any atom is -0.406 e. The van der Waals surface area contributed by atoms with Gasteiger partial charge in [-0.1, -0.05) is 12.1 Å². The summed E-state index contributed by atoms with van der Waals surface area (Å²) in [4.78, 5) is 14.3. The summed E-state index contributed by atoms with van der Waals surface area (Å²) in [5.41, 5.74) is -0.0878. The molecule has 2 N–H and O–H groups in total. The van der Waals surface area contributed by atoms with E-state index >= 15 is 0 Å². The molecule has 0 radical (unpaired) electrons. The molecule has 2 rings (SSSR count). The van der Waals surface area contributed by atoms with Gasteiger partial charge in [0.25, 0.3) is 0 Å². The number of morpholine rings is 1. The van der Waals surface area contributed by atoms with Crippen LogP contribution in [0.2, 0.25) is 0 Å². The summed E-state index contributed by atoms with van der Waals surface area (Å²) in [6.07, 6.45) is -4.73. The van der Waals surface area contributed by atoms with E-state index in [1.807, 2.05) is 0 Å². The van der Waals surface area contributed by atoms with E-state index < -0.39 is 11.9 Å². The van der Waals surface area contributed by atoms with Crippen LogP contribution in [0.4, 0.5) is 18.0 Å². The lowest BCUT2D eigenvalue weighted by atomic mass is 9.94. The minimum atomic E-state index is -4.73. The van der Waals surface area contributed by atoms with Crippen LogP contribution in [0.15, 0.2) is 24.3 Å². The van der Waals surface area contributed by atoms with Crippen molar-refractivity contribution in [1.29, 1.82) is 0 Å². The maximum absolute atomic E-state index is 12.2. The van der Waals surface area contributed by atoms with Crippen LogP contribution in [0.5, 0.6) is 5.75 Å². The Morgan fingerprint density at radius 3 is 2.38 bits per heavy atom. The normalized spacial score (nSPS) is 16.2. The van der Waals surface area contributed by atoms with Gasteiger partial charge >= 0.3 is 12.4 Å². The smallest absolute Gasteiger partial charge is 0.406 e. The Hall–Kier alpha value is -2.00. The molecule has 1 saturated heterocycles. The van der Waals surface area contributed by atoms with Gasteiger partial charge in [-0.3, -0.25) is 4.90 Å². The van der Waals surface area contributed by atoms with Gasteiger partial charge < -0.3 is 20.1 Å². The molecule has 1 fully saturated rings. The SMILES string of the molecule is CC(C)(NC(=O)NCCN1CCOCC1)c1ccc(OC(F)(F)F)cc1. The van der Waals surface area contributed by atoms with Gasteiger partial charge in [0.15, 0.2) is 0 Å². The molecule has 0 bridgehead atoms. The highest BCUT2D eigenvalue weighted by molar-refractivity contribution is 5.75. The molecule has 2 amide bonds. The highest BCUT2D eigenvalue weighted by atomic mass is 19.4. The van der Waals surface area contributed by atoms with Gasteiger partial charge in [0.05, 0.1) is 18.8 Å². The van der Waals surface area contributed by atoms with Gasteiger partial charge in [0.2, 0.25) is 0 Å². The number of carbonyl (C=O) groups excluding carboxylic acids is 1. The van der Waals surface area contributed by atoms with Crippen LogP contribution in [-0.2, 0) is 10.3 Å². The molecule has 1 aromatic carbocycles. The minimum absolute atomic E-state index is 0.299. The molecule has 6 nitrogen and oxygen atoms in total. The Bertz CT molecular complexity index is 585. The second kappa shape index (κ2) is 8.59. The summed E-state index contributed by atoms with van der Waals surface area (Å²) in [5, 5.41) is 5.61. The number of hydrogen-bond acceptors (Lipinski definition) is 4. The summed E-state index contributed by atoms with van der Waals surface area (Å²) < 4.78 is 45.7. The monoisotopic (exact) mass is 375 g/mol. The highest BCUT2D eigenvalue weighted by Gasteiger charge is 2.31. The van der Waals surface area contributed by atoms with Crippen molar-refractivity contribution in [1.82, 2.24) is 15.5 Å². The van der Waals surface area contributed by atoms with Crippen molar-refractivity contribution in [3.8, 4) is 5.75 Å². The third-order valence-corrected chi connectivity index (χ3v) is 4.05. The number of halogens is 3. The number of benzene rings is 1. The van der Waals surface area contributed by atoms with Crippen LogP contribution in [0, 0.1) is 0 Å². The maximum Gasteiger partial charge on any atom is 0.573 e. The zero-order valence-electron chi connectivity index (χ0n) is 14.9. The van der Waals surface area contributed by atoms with Crippen molar-refractivity contribution in [3.63, 3.8) is 0 Å². The second-order valence-corrected chi connectivity index (χ2v) is 6.53. The molecular formula is C17H24F3N3O3. The first-order chi connectivity index (χ1) is 12.2. The Morgan fingerprint density at radius 1 is 1.19 bits per heavy atom. The van der Waals surface area contributed by atoms with Gasteiger partial charge in [-0.15, -0.1) is 13.2 Å². The fourth-order valence-corrected chi connectivity index (χ4v) is 2.63. The van der Waals surface area contributed by atoms with Gasteiger partial charge in [-0.25, -0.2) is 4.79 Å². The summed E-state index contributed by atoms with van der Waals surface area (Å²) >= 11 is 0. The third kappa shape index (κ3) is 6.72. The molecule has 1 aromatic rings. The van der Waals surface area contributed by atoms with Gasteiger partial charge in [0.1, 0.15) is 5.75 Å². The molecule has 0 saturated carbocycles. The number of urea groups is 1. The van der Waals surface area contributed by atoms with Crippen LogP contribution in [0.1, 0.15) is 19.4 Å². The second-order valence-electron chi connectivity index (χ2n) is 6.53.